The van der Waals surface area contributed by atoms with Crippen molar-refractivity contribution in [2.45, 2.75) is 38.1 Å². The first kappa shape index (κ1) is 16.3. The molecule has 0 spiro atoms. The molecule has 1 aromatic rings. The molecule has 6 heteroatoms. The Morgan fingerprint density at radius 2 is 2.00 bits per heavy atom. The minimum atomic E-state index is -0.971. The molecular formula is C17H20O6. The standard InChI is InChI=1S/C17H20O6/c1-10(18)8-12-14(19)17(20-2)22-13-9-21-16(23-15(12)13)11-6-4-3-5-7-11/h3-7,12-13,15-17H,8-9H2,1-2H3/t12-,13-,15+,16-,17+/m1/s1. The molecule has 2 aliphatic rings. The highest BCUT2D eigenvalue weighted by Gasteiger charge is 2.49. The van der Waals surface area contributed by atoms with Crippen molar-refractivity contribution in [2.24, 2.45) is 5.92 Å². The molecule has 2 saturated heterocycles. The minimum absolute atomic E-state index is 0.0646. The van der Waals surface area contributed by atoms with Crippen molar-refractivity contribution in [1.82, 2.24) is 0 Å². The number of ketones is 2. The SMILES string of the molecule is CO[C@H]1O[C@@H]2CO[C@@H](c3ccccc3)O[C@H]2[C@H](CC(C)=O)C1=O. The van der Waals surface area contributed by atoms with E-state index in [2.05, 4.69) is 0 Å². The lowest BCUT2D eigenvalue weighted by molar-refractivity contribution is -0.311. The van der Waals surface area contributed by atoms with Crippen molar-refractivity contribution >= 4 is 11.6 Å². The number of hydrogen-bond acceptors (Lipinski definition) is 6. The molecule has 3 rings (SSSR count). The molecule has 6 nitrogen and oxygen atoms in total. The van der Waals surface area contributed by atoms with Crippen LogP contribution in [0.1, 0.15) is 25.2 Å². The van der Waals surface area contributed by atoms with E-state index in [1.807, 2.05) is 30.3 Å². The summed E-state index contributed by atoms with van der Waals surface area (Å²) < 4.78 is 22.4. The number of Topliss-reactive ketones (excluding diaryl/α,β-unsaturated/α-hetero) is 2. The second kappa shape index (κ2) is 6.88. The van der Waals surface area contributed by atoms with Crippen molar-refractivity contribution in [1.29, 1.82) is 0 Å². The highest BCUT2D eigenvalue weighted by atomic mass is 16.7. The molecule has 0 N–H and O–H groups in total. The summed E-state index contributed by atoms with van der Waals surface area (Å²) >= 11 is 0. The smallest absolute Gasteiger partial charge is 0.218 e. The van der Waals surface area contributed by atoms with Gasteiger partial charge in [0.2, 0.25) is 6.29 Å². The molecule has 0 bridgehead atoms. The highest BCUT2D eigenvalue weighted by molar-refractivity contribution is 5.90. The van der Waals surface area contributed by atoms with Crippen LogP contribution in [-0.4, -0.2) is 43.8 Å². The van der Waals surface area contributed by atoms with Crippen LogP contribution >= 0.6 is 0 Å². The van der Waals surface area contributed by atoms with Crippen LogP contribution in [-0.2, 0) is 28.5 Å². The van der Waals surface area contributed by atoms with E-state index in [4.69, 9.17) is 18.9 Å². The number of fused-ring (bicyclic) bond motifs is 1. The van der Waals surface area contributed by atoms with Gasteiger partial charge in [-0.15, -0.1) is 0 Å². The maximum absolute atomic E-state index is 12.5. The second-order valence-electron chi connectivity index (χ2n) is 5.83. The third kappa shape index (κ3) is 3.35. The zero-order valence-electron chi connectivity index (χ0n) is 13.1. The Balaban J connectivity index is 1.82. The Labute approximate surface area is 134 Å². The van der Waals surface area contributed by atoms with E-state index >= 15 is 0 Å². The molecule has 124 valence electrons. The molecule has 0 amide bonds. The number of methoxy groups -OCH3 is 1. The summed E-state index contributed by atoms with van der Waals surface area (Å²) in [5.41, 5.74) is 0.869. The van der Waals surface area contributed by atoms with E-state index in [0.717, 1.165) is 5.56 Å². The molecule has 0 radical (unpaired) electrons. The lowest BCUT2D eigenvalue weighted by Gasteiger charge is -2.44. The van der Waals surface area contributed by atoms with Crippen LogP contribution in [0.4, 0.5) is 0 Å². The summed E-state index contributed by atoms with van der Waals surface area (Å²) in [6.45, 7) is 1.75. The van der Waals surface area contributed by atoms with Crippen molar-refractivity contribution in [2.75, 3.05) is 13.7 Å². The lowest BCUT2D eigenvalue weighted by Crippen LogP contribution is -2.57. The minimum Gasteiger partial charge on any atom is -0.349 e. The Kier molecular flexibility index (Phi) is 4.87. The molecule has 0 saturated carbocycles. The monoisotopic (exact) mass is 320 g/mol. The molecule has 0 unspecified atom stereocenters. The number of carbonyl (C=O) groups excluding carboxylic acids is 2. The largest absolute Gasteiger partial charge is 0.349 e. The number of benzene rings is 1. The first-order valence-corrected chi connectivity index (χ1v) is 7.63. The number of rotatable bonds is 4. The Hall–Kier alpha value is -1.60. The zero-order valence-corrected chi connectivity index (χ0v) is 13.1. The first-order chi connectivity index (χ1) is 11.1. The lowest BCUT2D eigenvalue weighted by atomic mass is 9.85. The molecule has 5 atom stereocenters. The van der Waals surface area contributed by atoms with Crippen molar-refractivity contribution in [3.63, 3.8) is 0 Å². The van der Waals surface area contributed by atoms with Crippen LogP contribution in [0.2, 0.25) is 0 Å². The maximum Gasteiger partial charge on any atom is 0.218 e. The van der Waals surface area contributed by atoms with Crippen LogP contribution in [0.25, 0.3) is 0 Å². The Morgan fingerprint density at radius 3 is 2.65 bits per heavy atom. The fourth-order valence-electron chi connectivity index (χ4n) is 3.06. The van der Waals surface area contributed by atoms with Gasteiger partial charge in [0.15, 0.2) is 12.1 Å². The Bertz CT molecular complexity index is 572. The Morgan fingerprint density at radius 1 is 1.26 bits per heavy atom. The van der Waals surface area contributed by atoms with Crippen LogP contribution in [0.15, 0.2) is 30.3 Å². The summed E-state index contributed by atoms with van der Waals surface area (Å²) in [4.78, 5) is 24.0. The van der Waals surface area contributed by atoms with Crippen LogP contribution < -0.4 is 0 Å². The molecule has 2 fully saturated rings. The van der Waals surface area contributed by atoms with Crippen LogP contribution in [0.3, 0.4) is 0 Å². The van der Waals surface area contributed by atoms with Gasteiger partial charge in [0.05, 0.1) is 18.6 Å². The predicted octanol–water partition coefficient (Wildman–Crippen LogP) is 1.64. The summed E-state index contributed by atoms with van der Waals surface area (Å²) in [6.07, 6.45) is -2.37. The zero-order chi connectivity index (χ0) is 16.4. The van der Waals surface area contributed by atoms with Crippen molar-refractivity contribution in [3.05, 3.63) is 35.9 Å². The fourth-order valence-corrected chi connectivity index (χ4v) is 3.06. The molecule has 1 aromatic carbocycles. The number of carbonyl (C=O) groups is 2. The number of hydrogen-bond donors (Lipinski definition) is 0. The van der Waals surface area contributed by atoms with Crippen molar-refractivity contribution < 1.29 is 28.5 Å². The topological polar surface area (TPSA) is 71.1 Å². The molecule has 23 heavy (non-hydrogen) atoms. The van der Waals surface area contributed by atoms with E-state index in [-0.39, 0.29) is 24.6 Å². The van der Waals surface area contributed by atoms with Gasteiger partial charge in [-0.2, -0.15) is 0 Å². The van der Waals surface area contributed by atoms with Gasteiger partial charge in [-0.25, -0.2) is 0 Å². The van der Waals surface area contributed by atoms with Crippen molar-refractivity contribution in [3.8, 4) is 0 Å². The highest BCUT2D eigenvalue weighted by Crippen LogP contribution is 2.36. The van der Waals surface area contributed by atoms with Gasteiger partial charge in [0.1, 0.15) is 11.9 Å². The van der Waals surface area contributed by atoms with E-state index < -0.39 is 30.7 Å². The van der Waals surface area contributed by atoms with Gasteiger partial charge in [0.25, 0.3) is 0 Å². The van der Waals surface area contributed by atoms with E-state index in [0.29, 0.717) is 0 Å². The van der Waals surface area contributed by atoms with Gasteiger partial charge in [-0.1, -0.05) is 30.3 Å². The van der Waals surface area contributed by atoms with Crippen LogP contribution in [0, 0.1) is 5.92 Å². The average molecular weight is 320 g/mol. The molecular weight excluding hydrogens is 300 g/mol. The van der Waals surface area contributed by atoms with Gasteiger partial charge in [0, 0.05) is 19.1 Å². The average Bonchev–Trinajstić information content (AvgIpc) is 2.57. The van der Waals surface area contributed by atoms with E-state index in [9.17, 15) is 9.59 Å². The fraction of sp³-hybridized carbons (Fsp3) is 0.529. The molecule has 2 heterocycles. The van der Waals surface area contributed by atoms with E-state index in [1.54, 1.807) is 0 Å². The first-order valence-electron chi connectivity index (χ1n) is 7.63. The van der Waals surface area contributed by atoms with Gasteiger partial charge in [-0.3, -0.25) is 4.79 Å². The van der Waals surface area contributed by atoms with Gasteiger partial charge in [-0.05, 0) is 6.92 Å². The van der Waals surface area contributed by atoms with E-state index in [1.165, 1.54) is 14.0 Å². The number of ether oxygens (including phenoxy) is 4. The third-order valence-electron chi connectivity index (χ3n) is 4.14. The quantitative estimate of drug-likeness (QED) is 0.840. The normalized spacial score (nSPS) is 34.0. The second-order valence-corrected chi connectivity index (χ2v) is 5.83. The maximum atomic E-state index is 12.5. The van der Waals surface area contributed by atoms with Gasteiger partial charge < -0.3 is 23.7 Å². The summed E-state index contributed by atoms with van der Waals surface area (Å²) in [5, 5.41) is 0. The summed E-state index contributed by atoms with van der Waals surface area (Å²) in [5.74, 6) is -0.894. The predicted molar refractivity (Wildman–Crippen MR) is 79.5 cm³/mol. The third-order valence-corrected chi connectivity index (χ3v) is 4.14. The summed E-state index contributed by atoms with van der Waals surface area (Å²) in [6, 6.07) is 9.49. The van der Waals surface area contributed by atoms with Gasteiger partial charge >= 0.3 is 0 Å². The molecule has 0 aromatic heterocycles. The molecule has 0 aliphatic carbocycles. The molecule has 2 aliphatic heterocycles. The summed E-state index contributed by atoms with van der Waals surface area (Å²) in [7, 11) is 1.41. The van der Waals surface area contributed by atoms with Crippen LogP contribution in [0.5, 0.6) is 0 Å².